The van der Waals surface area contributed by atoms with E-state index in [1.165, 1.54) is 24.3 Å². The van der Waals surface area contributed by atoms with Gasteiger partial charge < -0.3 is 5.11 Å². The summed E-state index contributed by atoms with van der Waals surface area (Å²) in [6.07, 6.45) is 5.85. The average Bonchev–Trinajstić information content (AvgIpc) is 2.53. The first-order chi connectivity index (χ1) is 5.29. The summed E-state index contributed by atoms with van der Waals surface area (Å²) in [5, 5.41) is 9.58. The first-order valence-electron chi connectivity index (χ1n) is 4.59. The van der Waals surface area contributed by atoms with Gasteiger partial charge in [-0.3, -0.25) is 0 Å². The molecule has 0 bridgehead atoms. The van der Waals surface area contributed by atoms with Gasteiger partial charge in [0.1, 0.15) is 0 Å². The van der Waals surface area contributed by atoms with Gasteiger partial charge in [0.15, 0.2) is 0 Å². The fraction of sp³-hybridized carbons (Fsp3) is 1.00. The smallest absolute Gasteiger partial charge is 0.0650 e. The molecule has 0 aromatic carbocycles. The summed E-state index contributed by atoms with van der Waals surface area (Å²) in [5.41, 5.74) is -0.201. The van der Waals surface area contributed by atoms with E-state index in [0.29, 0.717) is 0 Å². The SMILES string of the molecule is OC1(CCC2CCSC2)CC1. The van der Waals surface area contributed by atoms with Gasteiger partial charge in [0.25, 0.3) is 0 Å². The second kappa shape index (κ2) is 2.98. The van der Waals surface area contributed by atoms with E-state index in [2.05, 4.69) is 11.8 Å². The van der Waals surface area contributed by atoms with Gasteiger partial charge in [0.05, 0.1) is 5.60 Å². The maximum absolute atomic E-state index is 9.58. The van der Waals surface area contributed by atoms with Crippen molar-refractivity contribution in [1.82, 2.24) is 0 Å². The Balaban J connectivity index is 1.65. The molecule has 1 saturated heterocycles. The summed E-state index contributed by atoms with van der Waals surface area (Å²) >= 11 is 2.07. The van der Waals surface area contributed by atoms with Crippen LogP contribution in [0.25, 0.3) is 0 Å². The van der Waals surface area contributed by atoms with Gasteiger partial charge in [-0.2, -0.15) is 11.8 Å². The molecule has 2 heteroatoms. The highest BCUT2D eigenvalue weighted by Gasteiger charge is 2.40. The lowest BCUT2D eigenvalue weighted by atomic mass is 10.00. The van der Waals surface area contributed by atoms with Gasteiger partial charge in [-0.15, -0.1) is 0 Å². The van der Waals surface area contributed by atoms with Crippen molar-refractivity contribution in [1.29, 1.82) is 0 Å². The average molecular weight is 172 g/mol. The van der Waals surface area contributed by atoms with Gasteiger partial charge in [0.2, 0.25) is 0 Å². The molecule has 0 aromatic rings. The zero-order valence-electron chi connectivity index (χ0n) is 6.88. The number of hydrogen-bond acceptors (Lipinski definition) is 2. The summed E-state index contributed by atoms with van der Waals surface area (Å²) in [4.78, 5) is 0. The number of rotatable bonds is 3. The highest BCUT2D eigenvalue weighted by Crippen LogP contribution is 2.41. The Hall–Kier alpha value is 0.310. The van der Waals surface area contributed by atoms with Gasteiger partial charge in [-0.25, -0.2) is 0 Å². The van der Waals surface area contributed by atoms with Crippen molar-refractivity contribution in [2.45, 2.75) is 37.7 Å². The minimum atomic E-state index is -0.201. The van der Waals surface area contributed by atoms with Crippen LogP contribution >= 0.6 is 11.8 Å². The Kier molecular flexibility index (Phi) is 2.15. The van der Waals surface area contributed by atoms with Crippen LogP contribution in [-0.2, 0) is 0 Å². The van der Waals surface area contributed by atoms with E-state index in [4.69, 9.17) is 0 Å². The Morgan fingerprint density at radius 2 is 2.27 bits per heavy atom. The molecule has 1 saturated carbocycles. The van der Waals surface area contributed by atoms with Gasteiger partial charge in [0, 0.05) is 0 Å². The van der Waals surface area contributed by atoms with Crippen molar-refractivity contribution >= 4 is 11.8 Å². The highest BCUT2D eigenvalue weighted by atomic mass is 32.2. The van der Waals surface area contributed by atoms with E-state index in [9.17, 15) is 5.11 Å². The normalized spacial score (nSPS) is 34.1. The van der Waals surface area contributed by atoms with Gasteiger partial charge >= 0.3 is 0 Å². The molecular weight excluding hydrogens is 156 g/mol. The lowest BCUT2D eigenvalue weighted by Crippen LogP contribution is -2.09. The van der Waals surface area contributed by atoms with Crippen LogP contribution in [0.3, 0.4) is 0 Å². The molecule has 1 nitrogen and oxygen atoms in total. The van der Waals surface area contributed by atoms with Crippen molar-refractivity contribution in [3.63, 3.8) is 0 Å². The van der Waals surface area contributed by atoms with Crippen LogP contribution in [0.4, 0.5) is 0 Å². The quantitative estimate of drug-likeness (QED) is 0.703. The molecular formula is C9H16OS. The third-order valence-electron chi connectivity index (χ3n) is 2.87. The van der Waals surface area contributed by atoms with Crippen molar-refractivity contribution in [2.75, 3.05) is 11.5 Å². The van der Waals surface area contributed by atoms with Crippen LogP contribution in [-0.4, -0.2) is 22.2 Å². The molecule has 2 rings (SSSR count). The summed E-state index contributed by atoms with van der Waals surface area (Å²) in [7, 11) is 0. The van der Waals surface area contributed by atoms with Crippen molar-refractivity contribution in [3.8, 4) is 0 Å². The Bertz CT molecular complexity index is 136. The Labute approximate surface area is 72.6 Å². The van der Waals surface area contributed by atoms with E-state index in [1.54, 1.807) is 0 Å². The molecule has 0 spiro atoms. The topological polar surface area (TPSA) is 20.2 Å². The third-order valence-corrected chi connectivity index (χ3v) is 4.10. The fourth-order valence-electron chi connectivity index (χ4n) is 1.68. The molecule has 64 valence electrons. The predicted octanol–water partition coefficient (Wildman–Crippen LogP) is 2.04. The number of thioether (sulfide) groups is 1. The van der Waals surface area contributed by atoms with Crippen LogP contribution in [0, 0.1) is 5.92 Å². The molecule has 1 unspecified atom stereocenters. The summed E-state index contributed by atoms with van der Waals surface area (Å²) in [6, 6.07) is 0. The molecule has 0 amide bonds. The van der Waals surface area contributed by atoms with Crippen molar-refractivity contribution < 1.29 is 5.11 Å². The first-order valence-corrected chi connectivity index (χ1v) is 5.74. The lowest BCUT2D eigenvalue weighted by Gasteiger charge is -2.10. The lowest BCUT2D eigenvalue weighted by molar-refractivity contribution is 0.132. The largest absolute Gasteiger partial charge is 0.390 e. The van der Waals surface area contributed by atoms with E-state index >= 15 is 0 Å². The van der Waals surface area contributed by atoms with Crippen LogP contribution in [0.5, 0.6) is 0 Å². The van der Waals surface area contributed by atoms with E-state index in [1.807, 2.05) is 0 Å². The van der Waals surface area contributed by atoms with Crippen LogP contribution in [0.2, 0.25) is 0 Å². The van der Waals surface area contributed by atoms with E-state index < -0.39 is 0 Å². The maximum atomic E-state index is 9.58. The molecule has 2 aliphatic rings. The van der Waals surface area contributed by atoms with Crippen LogP contribution < -0.4 is 0 Å². The molecule has 0 radical (unpaired) electrons. The van der Waals surface area contributed by atoms with Crippen LogP contribution in [0.15, 0.2) is 0 Å². The number of aliphatic hydroxyl groups is 1. The van der Waals surface area contributed by atoms with Crippen molar-refractivity contribution in [3.05, 3.63) is 0 Å². The van der Waals surface area contributed by atoms with Gasteiger partial charge in [-0.1, -0.05) is 0 Å². The third kappa shape index (κ3) is 2.12. The zero-order valence-corrected chi connectivity index (χ0v) is 7.70. The Morgan fingerprint density at radius 1 is 1.45 bits per heavy atom. The predicted molar refractivity (Wildman–Crippen MR) is 48.8 cm³/mol. The molecule has 1 N–H and O–H groups in total. The molecule has 11 heavy (non-hydrogen) atoms. The fourth-order valence-corrected chi connectivity index (χ4v) is 3.01. The summed E-state index contributed by atoms with van der Waals surface area (Å²) in [5.74, 6) is 3.61. The highest BCUT2D eigenvalue weighted by molar-refractivity contribution is 7.99. The summed E-state index contributed by atoms with van der Waals surface area (Å²) in [6.45, 7) is 0. The minimum absolute atomic E-state index is 0.201. The molecule has 1 heterocycles. The summed E-state index contributed by atoms with van der Waals surface area (Å²) < 4.78 is 0. The van der Waals surface area contributed by atoms with Crippen LogP contribution in [0.1, 0.15) is 32.1 Å². The molecule has 1 atom stereocenters. The van der Waals surface area contributed by atoms with Crippen molar-refractivity contribution in [2.24, 2.45) is 5.92 Å². The van der Waals surface area contributed by atoms with E-state index in [0.717, 1.165) is 25.2 Å². The minimum Gasteiger partial charge on any atom is -0.390 e. The standard InChI is InChI=1S/C9H16OS/c10-9(4-5-9)3-1-8-2-6-11-7-8/h8,10H,1-7H2. The maximum Gasteiger partial charge on any atom is 0.0650 e. The second-order valence-electron chi connectivity index (χ2n) is 3.99. The molecule has 1 aliphatic carbocycles. The zero-order chi connectivity index (χ0) is 7.73. The van der Waals surface area contributed by atoms with Gasteiger partial charge in [-0.05, 0) is 49.5 Å². The molecule has 0 aromatic heterocycles. The second-order valence-corrected chi connectivity index (χ2v) is 5.14. The Morgan fingerprint density at radius 3 is 2.82 bits per heavy atom. The van der Waals surface area contributed by atoms with E-state index in [-0.39, 0.29) is 5.60 Å². The number of hydrogen-bond donors (Lipinski definition) is 1. The first kappa shape index (κ1) is 7.93. The molecule has 1 aliphatic heterocycles. The molecule has 2 fully saturated rings. The monoisotopic (exact) mass is 172 g/mol.